The van der Waals surface area contributed by atoms with Crippen molar-refractivity contribution < 1.29 is 0 Å². The van der Waals surface area contributed by atoms with Gasteiger partial charge in [0.05, 0.1) is 0 Å². The Hall–Kier alpha value is -3.19. The zero-order valence-corrected chi connectivity index (χ0v) is 15.1. The minimum Gasteiger partial charge on any atom is -0.296 e. The van der Waals surface area contributed by atoms with E-state index in [4.69, 9.17) is 0 Å². The zero-order chi connectivity index (χ0) is 17.9. The van der Waals surface area contributed by atoms with Gasteiger partial charge in [-0.2, -0.15) is 0 Å². The summed E-state index contributed by atoms with van der Waals surface area (Å²) in [6, 6.07) is 27.8. The maximum absolute atomic E-state index is 4.35. The molecule has 1 heteroatoms. The molecule has 0 N–H and O–H groups in total. The van der Waals surface area contributed by atoms with Gasteiger partial charge in [0, 0.05) is 18.8 Å². The van der Waals surface area contributed by atoms with E-state index in [2.05, 4.69) is 96.9 Å². The first-order valence-corrected chi connectivity index (χ1v) is 8.89. The number of hydrogen-bond acceptors (Lipinski definition) is 1. The number of aliphatic imine (C=N–C) groups is 1. The van der Waals surface area contributed by atoms with Crippen molar-refractivity contribution in [2.45, 2.75) is 6.92 Å². The minimum absolute atomic E-state index is 1.18. The van der Waals surface area contributed by atoms with Crippen molar-refractivity contribution in [3.63, 3.8) is 0 Å². The van der Waals surface area contributed by atoms with Crippen LogP contribution in [0.25, 0.3) is 33.2 Å². The molecule has 1 nitrogen and oxygen atoms in total. The van der Waals surface area contributed by atoms with E-state index in [9.17, 15) is 0 Å². The van der Waals surface area contributed by atoms with E-state index >= 15 is 0 Å². The molecule has 4 aromatic rings. The van der Waals surface area contributed by atoms with Crippen LogP contribution in [0.4, 0.5) is 0 Å². The fourth-order valence-electron chi connectivity index (χ4n) is 3.62. The first-order valence-electron chi connectivity index (χ1n) is 8.89. The Labute approximate surface area is 154 Å². The Bertz CT molecular complexity index is 1130. The third-order valence-corrected chi connectivity index (χ3v) is 4.86. The molecule has 0 bridgehead atoms. The molecule has 126 valence electrons. The van der Waals surface area contributed by atoms with Gasteiger partial charge in [-0.05, 0) is 45.2 Å². The van der Waals surface area contributed by atoms with Crippen molar-refractivity contribution in [3.8, 4) is 0 Å². The summed E-state index contributed by atoms with van der Waals surface area (Å²) in [6.07, 6.45) is 4.28. The average Bonchev–Trinajstić information content (AvgIpc) is 2.71. The largest absolute Gasteiger partial charge is 0.296 e. The molecule has 0 saturated carbocycles. The predicted octanol–water partition coefficient (Wildman–Crippen LogP) is 6.60. The lowest BCUT2D eigenvalue weighted by Crippen LogP contribution is -1.94. The summed E-state index contributed by atoms with van der Waals surface area (Å²) in [5, 5.41) is 5.05. The van der Waals surface area contributed by atoms with Crippen LogP contribution in [0.3, 0.4) is 0 Å². The summed E-state index contributed by atoms with van der Waals surface area (Å²) < 4.78 is 0. The molecule has 0 amide bonds. The van der Waals surface area contributed by atoms with E-state index in [1.807, 2.05) is 13.3 Å². The number of hydrogen-bond donors (Lipinski definition) is 0. The second-order valence-corrected chi connectivity index (χ2v) is 6.50. The molecule has 0 fully saturated rings. The van der Waals surface area contributed by atoms with Crippen molar-refractivity contribution in [1.29, 1.82) is 0 Å². The van der Waals surface area contributed by atoms with Gasteiger partial charge in [-0.3, -0.25) is 4.99 Å². The third kappa shape index (κ3) is 2.82. The van der Waals surface area contributed by atoms with E-state index in [-0.39, 0.29) is 0 Å². The Morgan fingerprint density at radius 1 is 0.654 bits per heavy atom. The lowest BCUT2D eigenvalue weighted by Gasteiger charge is -2.14. The highest BCUT2D eigenvalue weighted by atomic mass is 14.6. The molecule has 0 heterocycles. The van der Waals surface area contributed by atoms with Gasteiger partial charge in [0.15, 0.2) is 0 Å². The van der Waals surface area contributed by atoms with Crippen LogP contribution in [0, 0.1) is 0 Å². The topological polar surface area (TPSA) is 12.4 Å². The minimum atomic E-state index is 1.18. The molecular formula is C25H21N. The fraction of sp³-hybridized carbons (Fsp3) is 0.0800. The molecule has 4 rings (SSSR count). The third-order valence-electron chi connectivity index (χ3n) is 4.86. The highest BCUT2D eigenvalue weighted by molar-refractivity contribution is 6.19. The van der Waals surface area contributed by atoms with Crippen LogP contribution < -0.4 is 0 Å². The number of benzene rings is 4. The molecule has 0 radical (unpaired) electrons. The van der Waals surface area contributed by atoms with E-state index in [0.29, 0.717) is 0 Å². The highest BCUT2D eigenvalue weighted by Crippen LogP contribution is 2.34. The van der Waals surface area contributed by atoms with E-state index in [1.165, 1.54) is 43.8 Å². The monoisotopic (exact) mass is 335 g/mol. The molecule has 4 aromatic carbocycles. The van der Waals surface area contributed by atoms with Crippen LogP contribution in [0.15, 0.2) is 83.9 Å². The van der Waals surface area contributed by atoms with Crippen LogP contribution >= 0.6 is 0 Å². The van der Waals surface area contributed by atoms with E-state index in [0.717, 1.165) is 0 Å². The molecule has 0 aromatic heterocycles. The number of nitrogens with zero attached hydrogens (tertiary/aromatic N) is 1. The average molecular weight is 335 g/mol. The summed E-state index contributed by atoms with van der Waals surface area (Å²) >= 11 is 0. The van der Waals surface area contributed by atoms with Gasteiger partial charge in [-0.25, -0.2) is 0 Å². The van der Waals surface area contributed by atoms with Gasteiger partial charge in [-0.1, -0.05) is 84.9 Å². The van der Waals surface area contributed by atoms with Crippen LogP contribution in [-0.4, -0.2) is 13.3 Å². The Morgan fingerprint density at radius 2 is 1.15 bits per heavy atom. The normalized spacial score (nSPS) is 12.3. The maximum Gasteiger partial charge on any atom is 0.0293 e. The molecule has 0 saturated heterocycles. The van der Waals surface area contributed by atoms with E-state index in [1.54, 1.807) is 0 Å². The molecular weight excluding hydrogens is 314 g/mol. The summed E-state index contributed by atoms with van der Waals surface area (Å²) in [5.74, 6) is 0. The SMILES string of the molecule is C/N=C/c1c(/C=C(\C)c2ccccc2)c2ccccc2c2ccccc12. The van der Waals surface area contributed by atoms with Crippen LogP contribution in [0.5, 0.6) is 0 Å². The fourth-order valence-corrected chi connectivity index (χ4v) is 3.62. The summed E-state index contributed by atoms with van der Waals surface area (Å²) in [7, 11) is 1.83. The Kier molecular flexibility index (Phi) is 4.37. The Morgan fingerprint density at radius 3 is 1.73 bits per heavy atom. The van der Waals surface area contributed by atoms with Crippen LogP contribution in [0.1, 0.15) is 23.6 Å². The molecule has 0 aliphatic rings. The van der Waals surface area contributed by atoms with Gasteiger partial charge in [0.25, 0.3) is 0 Å². The van der Waals surface area contributed by atoms with Crippen molar-refractivity contribution in [2.24, 2.45) is 4.99 Å². The van der Waals surface area contributed by atoms with Gasteiger partial charge >= 0.3 is 0 Å². The van der Waals surface area contributed by atoms with Crippen molar-refractivity contribution in [2.75, 3.05) is 7.05 Å². The van der Waals surface area contributed by atoms with Gasteiger partial charge in [0.1, 0.15) is 0 Å². The second-order valence-electron chi connectivity index (χ2n) is 6.50. The number of allylic oxidation sites excluding steroid dienone is 1. The first-order chi connectivity index (χ1) is 12.8. The summed E-state index contributed by atoms with van der Waals surface area (Å²) in [4.78, 5) is 4.35. The van der Waals surface area contributed by atoms with Crippen molar-refractivity contribution in [1.82, 2.24) is 0 Å². The predicted molar refractivity (Wildman–Crippen MR) is 115 cm³/mol. The lowest BCUT2D eigenvalue weighted by atomic mass is 9.90. The molecule has 0 aliphatic carbocycles. The molecule has 0 atom stereocenters. The lowest BCUT2D eigenvalue weighted by molar-refractivity contribution is 1.47. The van der Waals surface area contributed by atoms with Gasteiger partial charge in [0.2, 0.25) is 0 Å². The number of rotatable bonds is 3. The summed E-state index contributed by atoms with van der Waals surface area (Å²) in [5.41, 5.74) is 4.89. The van der Waals surface area contributed by atoms with Crippen molar-refractivity contribution in [3.05, 3.63) is 95.6 Å². The molecule has 26 heavy (non-hydrogen) atoms. The first kappa shape index (κ1) is 16.3. The standard InChI is InChI=1S/C25H21N/c1-18(19-10-4-3-5-11-19)16-24-22-14-8-6-12-20(22)21-13-7-9-15-23(21)25(24)17-26-2/h3-17H,1-2H3/b18-16+,26-17+. The Balaban J connectivity index is 2.11. The molecule has 0 unspecified atom stereocenters. The zero-order valence-electron chi connectivity index (χ0n) is 15.1. The smallest absolute Gasteiger partial charge is 0.0293 e. The second kappa shape index (κ2) is 6.97. The van der Waals surface area contributed by atoms with Crippen molar-refractivity contribution >= 4 is 39.4 Å². The van der Waals surface area contributed by atoms with E-state index < -0.39 is 0 Å². The maximum atomic E-state index is 4.35. The summed E-state index contributed by atoms with van der Waals surface area (Å²) in [6.45, 7) is 2.17. The quantitative estimate of drug-likeness (QED) is 0.227. The van der Waals surface area contributed by atoms with Gasteiger partial charge in [-0.15, -0.1) is 0 Å². The van der Waals surface area contributed by atoms with Gasteiger partial charge < -0.3 is 0 Å². The number of fused-ring (bicyclic) bond motifs is 3. The highest BCUT2D eigenvalue weighted by Gasteiger charge is 2.11. The van der Waals surface area contributed by atoms with Crippen LogP contribution in [0.2, 0.25) is 0 Å². The molecule has 0 aliphatic heterocycles. The van der Waals surface area contributed by atoms with Crippen LogP contribution in [-0.2, 0) is 0 Å². The molecule has 0 spiro atoms.